The zero-order chi connectivity index (χ0) is 14.0. The van der Waals surface area contributed by atoms with Crippen LogP contribution in [0.25, 0.3) is 0 Å². The lowest BCUT2D eigenvalue weighted by atomic mass is 10.1. The van der Waals surface area contributed by atoms with Gasteiger partial charge in [0, 0.05) is 19.1 Å². The predicted molar refractivity (Wildman–Crippen MR) is 68.8 cm³/mol. The predicted octanol–water partition coefficient (Wildman–Crippen LogP) is 0.935. The SMILES string of the molecule is CC(C)(C)OC(=O)N[C@@H]1CCCN(S(C)(=O)=O)C1. The molecule has 0 aromatic rings. The molecule has 0 aromatic carbocycles. The number of nitrogens with one attached hydrogen (secondary N) is 1. The quantitative estimate of drug-likeness (QED) is 0.815. The van der Waals surface area contributed by atoms with Gasteiger partial charge in [0.05, 0.1) is 6.26 Å². The molecule has 1 amide bonds. The molecule has 1 heterocycles. The Balaban J connectivity index is 2.51. The van der Waals surface area contributed by atoms with Gasteiger partial charge in [-0.1, -0.05) is 0 Å². The fraction of sp³-hybridized carbons (Fsp3) is 0.909. The highest BCUT2D eigenvalue weighted by atomic mass is 32.2. The Morgan fingerprint density at radius 3 is 2.50 bits per heavy atom. The van der Waals surface area contributed by atoms with Gasteiger partial charge in [-0.15, -0.1) is 0 Å². The number of alkyl carbamates (subject to hydrolysis) is 1. The van der Waals surface area contributed by atoms with Crippen molar-refractivity contribution in [2.75, 3.05) is 19.3 Å². The number of carbonyl (C=O) groups excluding carboxylic acids is 1. The van der Waals surface area contributed by atoms with Crippen LogP contribution in [-0.4, -0.2) is 49.8 Å². The number of carbonyl (C=O) groups is 1. The molecule has 0 aliphatic carbocycles. The average Bonchev–Trinajstić information content (AvgIpc) is 2.13. The molecule has 0 unspecified atom stereocenters. The summed E-state index contributed by atoms with van der Waals surface area (Å²) in [6.45, 7) is 6.20. The summed E-state index contributed by atoms with van der Waals surface area (Å²) in [5.41, 5.74) is -0.546. The fourth-order valence-corrected chi connectivity index (χ4v) is 2.75. The van der Waals surface area contributed by atoms with Crippen molar-refractivity contribution in [2.24, 2.45) is 0 Å². The minimum absolute atomic E-state index is 0.177. The fourth-order valence-electron chi connectivity index (χ4n) is 1.84. The monoisotopic (exact) mass is 278 g/mol. The molecule has 1 N–H and O–H groups in total. The Labute approximate surface area is 109 Å². The maximum Gasteiger partial charge on any atom is 0.407 e. The van der Waals surface area contributed by atoms with Crippen LogP contribution in [0.4, 0.5) is 4.79 Å². The number of hydrogen-bond acceptors (Lipinski definition) is 4. The first kappa shape index (κ1) is 15.2. The smallest absolute Gasteiger partial charge is 0.407 e. The van der Waals surface area contributed by atoms with E-state index in [9.17, 15) is 13.2 Å². The molecule has 0 aromatic heterocycles. The van der Waals surface area contributed by atoms with Crippen molar-refractivity contribution in [3.8, 4) is 0 Å². The standard InChI is InChI=1S/C11H22N2O4S/c1-11(2,3)17-10(14)12-9-6-5-7-13(8-9)18(4,15)16/h9H,5-8H2,1-4H3,(H,12,14)/t9-/m1/s1. The first-order chi connectivity index (χ1) is 8.08. The number of hydrogen-bond donors (Lipinski definition) is 1. The van der Waals surface area contributed by atoms with E-state index < -0.39 is 21.7 Å². The van der Waals surface area contributed by atoms with Crippen LogP contribution in [-0.2, 0) is 14.8 Å². The largest absolute Gasteiger partial charge is 0.444 e. The highest BCUT2D eigenvalue weighted by molar-refractivity contribution is 7.88. The van der Waals surface area contributed by atoms with E-state index in [-0.39, 0.29) is 6.04 Å². The summed E-state index contributed by atoms with van der Waals surface area (Å²) in [5.74, 6) is 0. The number of nitrogens with zero attached hydrogens (tertiary/aromatic N) is 1. The minimum atomic E-state index is -3.19. The Kier molecular flexibility index (Phi) is 4.61. The summed E-state index contributed by atoms with van der Waals surface area (Å²) in [7, 11) is -3.19. The maximum absolute atomic E-state index is 11.6. The summed E-state index contributed by atoms with van der Waals surface area (Å²) in [5, 5.41) is 2.71. The molecule has 18 heavy (non-hydrogen) atoms. The van der Waals surface area contributed by atoms with E-state index >= 15 is 0 Å². The second kappa shape index (κ2) is 5.44. The lowest BCUT2D eigenvalue weighted by Crippen LogP contribution is -2.50. The Morgan fingerprint density at radius 1 is 1.39 bits per heavy atom. The number of ether oxygens (including phenoxy) is 1. The molecule has 0 saturated carbocycles. The van der Waals surface area contributed by atoms with Crippen LogP contribution in [0, 0.1) is 0 Å². The first-order valence-electron chi connectivity index (χ1n) is 6.02. The van der Waals surface area contributed by atoms with E-state index in [1.54, 1.807) is 20.8 Å². The average molecular weight is 278 g/mol. The molecule has 6 nitrogen and oxygen atoms in total. The van der Waals surface area contributed by atoms with E-state index in [2.05, 4.69) is 5.32 Å². The summed E-state index contributed by atoms with van der Waals surface area (Å²) in [6.07, 6.45) is 2.20. The van der Waals surface area contributed by atoms with Gasteiger partial charge in [-0.25, -0.2) is 17.5 Å². The van der Waals surface area contributed by atoms with Gasteiger partial charge in [0.15, 0.2) is 0 Å². The van der Waals surface area contributed by atoms with Crippen LogP contribution >= 0.6 is 0 Å². The zero-order valence-electron chi connectivity index (χ0n) is 11.4. The van der Waals surface area contributed by atoms with Crippen molar-refractivity contribution in [2.45, 2.75) is 45.3 Å². The molecule has 0 spiro atoms. The van der Waals surface area contributed by atoms with Crippen LogP contribution in [0.2, 0.25) is 0 Å². The van der Waals surface area contributed by atoms with Crippen molar-refractivity contribution in [1.29, 1.82) is 0 Å². The highest BCUT2D eigenvalue weighted by Crippen LogP contribution is 2.14. The molecule has 0 radical (unpaired) electrons. The normalized spacial score (nSPS) is 22.6. The third-order valence-corrected chi connectivity index (χ3v) is 3.84. The molecular weight excluding hydrogens is 256 g/mol. The Hall–Kier alpha value is -0.820. The lowest BCUT2D eigenvalue weighted by molar-refractivity contribution is 0.0487. The molecule has 1 rings (SSSR count). The van der Waals surface area contributed by atoms with Crippen molar-refractivity contribution >= 4 is 16.1 Å². The summed E-state index contributed by atoms with van der Waals surface area (Å²) < 4.78 is 29.4. The number of piperidine rings is 1. The summed E-state index contributed by atoms with van der Waals surface area (Å²) >= 11 is 0. The van der Waals surface area contributed by atoms with Crippen LogP contribution in [0.1, 0.15) is 33.6 Å². The van der Waals surface area contributed by atoms with E-state index in [1.807, 2.05) is 0 Å². The molecule has 1 aliphatic heterocycles. The summed E-state index contributed by atoms with van der Waals surface area (Å²) in [6, 6.07) is -0.177. The molecule has 0 bridgehead atoms. The Morgan fingerprint density at radius 2 is 2.00 bits per heavy atom. The van der Waals surface area contributed by atoms with Gasteiger partial charge in [-0.3, -0.25) is 0 Å². The van der Waals surface area contributed by atoms with Crippen molar-refractivity contribution in [1.82, 2.24) is 9.62 Å². The van der Waals surface area contributed by atoms with Gasteiger partial charge in [-0.05, 0) is 33.6 Å². The second-order valence-corrected chi connectivity index (χ2v) is 7.59. The third kappa shape index (κ3) is 5.22. The van der Waals surface area contributed by atoms with Crippen molar-refractivity contribution < 1.29 is 17.9 Å². The number of sulfonamides is 1. The van der Waals surface area contributed by atoms with Gasteiger partial charge < -0.3 is 10.1 Å². The molecule has 1 atom stereocenters. The van der Waals surface area contributed by atoms with Crippen LogP contribution < -0.4 is 5.32 Å². The van der Waals surface area contributed by atoms with E-state index in [0.29, 0.717) is 13.1 Å². The van der Waals surface area contributed by atoms with E-state index in [4.69, 9.17) is 4.74 Å². The second-order valence-electron chi connectivity index (χ2n) is 5.61. The summed E-state index contributed by atoms with van der Waals surface area (Å²) in [4.78, 5) is 11.6. The van der Waals surface area contributed by atoms with Crippen molar-refractivity contribution in [3.63, 3.8) is 0 Å². The highest BCUT2D eigenvalue weighted by Gasteiger charge is 2.28. The molecular formula is C11H22N2O4S. The van der Waals surface area contributed by atoms with Crippen LogP contribution in [0.3, 0.4) is 0 Å². The maximum atomic E-state index is 11.6. The topological polar surface area (TPSA) is 75.7 Å². The zero-order valence-corrected chi connectivity index (χ0v) is 12.2. The first-order valence-corrected chi connectivity index (χ1v) is 7.87. The van der Waals surface area contributed by atoms with Gasteiger partial charge in [0.25, 0.3) is 0 Å². The molecule has 1 fully saturated rings. The molecule has 1 saturated heterocycles. The van der Waals surface area contributed by atoms with E-state index in [1.165, 1.54) is 10.6 Å². The Bertz CT molecular complexity index is 400. The molecule has 106 valence electrons. The number of rotatable bonds is 2. The van der Waals surface area contributed by atoms with Gasteiger partial charge in [0.2, 0.25) is 10.0 Å². The minimum Gasteiger partial charge on any atom is -0.444 e. The third-order valence-electron chi connectivity index (χ3n) is 2.57. The lowest BCUT2D eigenvalue weighted by Gasteiger charge is -2.31. The van der Waals surface area contributed by atoms with Crippen molar-refractivity contribution in [3.05, 3.63) is 0 Å². The van der Waals surface area contributed by atoms with E-state index in [0.717, 1.165) is 12.8 Å². The van der Waals surface area contributed by atoms with Crippen LogP contribution in [0.5, 0.6) is 0 Å². The van der Waals surface area contributed by atoms with Gasteiger partial charge >= 0.3 is 6.09 Å². The van der Waals surface area contributed by atoms with Gasteiger partial charge in [-0.2, -0.15) is 0 Å². The number of amides is 1. The molecule has 7 heteroatoms. The van der Waals surface area contributed by atoms with Crippen LogP contribution in [0.15, 0.2) is 0 Å². The van der Waals surface area contributed by atoms with Gasteiger partial charge in [0.1, 0.15) is 5.60 Å². The molecule has 1 aliphatic rings.